The zero-order valence-electron chi connectivity index (χ0n) is 12.5. The van der Waals surface area contributed by atoms with Crippen LogP contribution in [0.4, 0.5) is 0 Å². The summed E-state index contributed by atoms with van der Waals surface area (Å²) in [5.74, 6) is -0.0517. The van der Waals surface area contributed by atoms with Crippen LogP contribution in [-0.4, -0.2) is 17.2 Å². The maximum absolute atomic E-state index is 11.9. The first-order chi connectivity index (χ1) is 11.0. The molecule has 2 aromatic rings. The molecular formula is C17H16Br2N2O2. The molecule has 2 aromatic carbocycles. The minimum absolute atomic E-state index is 0.127. The van der Waals surface area contributed by atoms with Gasteiger partial charge in [0.25, 0.3) is 0 Å². The Labute approximate surface area is 151 Å². The van der Waals surface area contributed by atoms with Crippen LogP contribution < -0.4 is 5.43 Å². The van der Waals surface area contributed by atoms with Gasteiger partial charge in [0, 0.05) is 0 Å². The Hall–Kier alpha value is -1.66. The van der Waals surface area contributed by atoms with Gasteiger partial charge in [-0.05, 0) is 67.1 Å². The molecule has 6 heteroatoms. The third-order valence-electron chi connectivity index (χ3n) is 3.24. The van der Waals surface area contributed by atoms with Gasteiger partial charge in [-0.15, -0.1) is 0 Å². The first-order valence-corrected chi connectivity index (χ1v) is 8.66. The molecule has 0 saturated heterocycles. The minimum atomic E-state index is -0.178. The number of aryl methyl sites for hydroxylation is 1. The highest BCUT2D eigenvalue weighted by molar-refractivity contribution is 9.11. The molecule has 0 spiro atoms. The molecule has 2 N–H and O–H groups in total. The van der Waals surface area contributed by atoms with Crippen molar-refractivity contribution in [3.63, 3.8) is 0 Å². The number of carbonyl (C=O) groups is 1. The Bertz CT molecular complexity index is 705. The van der Waals surface area contributed by atoms with E-state index in [9.17, 15) is 9.90 Å². The van der Waals surface area contributed by atoms with Gasteiger partial charge in [0.1, 0.15) is 5.75 Å². The number of benzene rings is 2. The van der Waals surface area contributed by atoms with Crippen molar-refractivity contribution in [3.8, 4) is 5.75 Å². The van der Waals surface area contributed by atoms with Crippen molar-refractivity contribution in [1.29, 1.82) is 0 Å². The van der Waals surface area contributed by atoms with E-state index in [-0.39, 0.29) is 18.1 Å². The van der Waals surface area contributed by atoms with Gasteiger partial charge >= 0.3 is 0 Å². The molecule has 23 heavy (non-hydrogen) atoms. The first-order valence-electron chi connectivity index (χ1n) is 7.07. The fraction of sp³-hybridized carbons (Fsp3) is 0.176. The minimum Gasteiger partial charge on any atom is -0.506 e. The number of aromatic hydroxyl groups is 1. The molecule has 0 aliphatic heterocycles. The number of rotatable bonds is 5. The van der Waals surface area contributed by atoms with Crippen LogP contribution in [0.2, 0.25) is 0 Å². The molecule has 0 fully saturated rings. The van der Waals surface area contributed by atoms with Crippen LogP contribution in [0.5, 0.6) is 5.75 Å². The van der Waals surface area contributed by atoms with Gasteiger partial charge in [-0.1, -0.05) is 31.2 Å². The fourth-order valence-electron chi connectivity index (χ4n) is 1.96. The predicted molar refractivity (Wildman–Crippen MR) is 98.8 cm³/mol. The molecule has 0 unspecified atom stereocenters. The predicted octanol–water partition coefficient (Wildman–Crippen LogP) is 4.17. The first kappa shape index (κ1) is 17.7. The van der Waals surface area contributed by atoms with Crippen LogP contribution in [-0.2, 0) is 17.6 Å². The molecule has 0 saturated carbocycles. The van der Waals surface area contributed by atoms with E-state index in [0.29, 0.717) is 8.95 Å². The number of phenols is 1. The number of hydrogen-bond donors (Lipinski definition) is 2. The summed E-state index contributed by atoms with van der Waals surface area (Å²) in [6.07, 6.45) is 2.78. The quantitative estimate of drug-likeness (QED) is 0.542. The molecular weight excluding hydrogens is 424 g/mol. The van der Waals surface area contributed by atoms with E-state index in [1.807, 2.05) is 24.3 Å². The lowest BCUT2D eigenvalue weighted by atomic mass is 10.1. The van der Waals surface area contributed by atoms with Crippen molar-refractivity contribution in [1.82, 2.24) is 5.43 Å². The summed E-state index contributed by atoms with van der Waals surface area (Å²) < 4.78 is 1.10. The normalized spacial score (nSPS) is 10.9. The number of amides is 1. The van der Waals surface area contributed by atoms with Crippen molar-refractivity contribution < 1.29 is 9.90 Å². The molecule has 0 atom stereocenters. The average Bonchev–Trinajstić information content (AvgIpc) is 2.53. The fourth-order valence-corrected chi connectivity index (χ4v) is 3.18. The third-order valence-corrected chi connectivity index (χ3v) is 4.45. The molecule has 1 amide bonds. The molecule has 0 aliphatic rings. The zero-order chi connectivity index (χ0) is 16.8. The zero-order valence-corrected chi connectivity index (χ0v) is 15.7. The number of hydrazone groups is 1. The lowest BCUT2D eigenvalue weighted by Crippen LogP contribution is -2.19. The lowest BCUT2D eigenvalue weighted by molar-refractivity contribution is -0.120. The Morgan fingerprint density at radius 3 is 2.30 bits per heavy atom. The second-order valence-corrected chi connectivity index (χ2v) is 6.68. The summed E-state index contributed by atoms with van der Waals surface area (Å²) in [6.45, 7) is 2.09. The van der Waals surface area contributed by atoms with E-state index in [0.717, 1.165) is 17.5 Å². The topological polar surface area (TPSA) is 61.7 Å². The van der Waals surface area contributed by atoms with Crippen molar-refractivity contribution in [2.24, 2.45) is 5.10 Å². The Kier molecular flexibility index (Phi) is 6.36. The van der Waals surface area contributed by atoms with Crippen LogP contribution in [0, 0.1) is 0 Å². The van der Waals surface area contributed by atoms with Crippen LogP contribution in [0.25, 0.3) is 0 Å². The monoisotopic (exact) mass is 438 g/mol. The van der Waals surface area contributed by atoms with Gasteiger partial charge in [0.15, 0.2) is 0 Å². The number of phenolic OH excluding ortho intramolecular Hbond substituents is 1. The van der Waals surface area contributed by atoms with Gasteiger partial charge < -0.3 is 5.11 Å². The number of carbonyl (C=O) groups excluding carboxylic acids is 1. The molecule has 2 rings (SSSR count). The van der Waals surface area contributed by atoms with E-state index in [4.69, 9.17) is 0 Å². The molecule has 0 radical (unpaired) electrons. The van der Waals surface area contributed by atoms with Crippen LogP contribution in [0.15, 0.2) is 50.4 Å². The lowest BCUT2D eigenvalue weighted by Gasteiger charge is -2.03. The van der Waals surface area contributed by atoms with Crippen molar-refractivity contribution >= 4 is 44.0 Å². The van der Waals surface area contributed by atoms with E-state index in [1.54, 1.807) is 12.1 Å². The summed E-state index contributed by atoms with van der Waals surface area (Å²) in [7, 11) is 0. The largest absolute Gasteiger partial charge is 0.506 e. The smallest absolute Gasteiger partial charge is 0.244 e. The highest BCUT2D eigenvalue weighted by Gasteiger charge is 2.05. The average molecular weight is 440 g/mol. The molecule has 0 heterocycles. The van der Waals surface area contributed by atoms with E-state index >= 15 is 0 Å². The van der Waals surface area contributed by atoms with Crippen LogP contribution in [0.1, 0.15) is 23.6 Å². The Morgan fingerprint density at radius 2 is 1.74 bits per heavy atom. The second-order valence-electron chi connectivity index (χ2n) is 4.97. The highest BCUT2D eigenvalue weighted by atomic mass is 79.9. The second kappa shape index (κ2) is 8.26. The molecule has 4 nitrogen and oxygen atoms in total. The summed E-state index contributed by atoms with van der Waals surface area (Å²) in [5.41, 5.74) is 5.44. The van der Waals surface area contributed by atoms with Crippen molar-refractivity contribution in [3.05, 3.63) is 62.0 Å². The Morgan fingerprint density at radius 1 is 1.17 bits per heavy atom. The summed E-state index contributed by atoms with van der Waals surface area (Å²) in [4.78, 5) is 11.9. The van der Waals surface area contributed by atoms with Crippen molar-refractivity contribution in [2.45, 2.75) is 19.8 Å². The van der Waals surface area contributed by atoms with E-state index in [1.165, 1.54) is 11.8 Å². The van der Waals surface area contributed by atoms with Gasteiger partial charge in [0.05, 0.1) is 21.6 Å². The number of nitrogens with one attached hydrogen (secondary N) is 1. The van der Waals surface area contributed by atoms with E-state index < -0.39 is 0 Å². The molecule has 120 valence electrons. The molecule has 0 aliphatic carbocycles. The van der Waals surface area contributed by atoms with Gasteiger partial charge in [0.2, 0.25) is 5.91 Å². The summed E-state index contributed by atoms with van der Waals surface area (Å²) >= 11 is 6.49. The highest BCUT2D eigenvalue weighted by Crippen LogP contribution is 2.32. The SMILES string of the molecule is CCc1ccc(CC(=O)N/N=C/c2cc(Br)c(O)c(Br)c2)cc1. The number of halogens is 2. The van der Waals surface area contributed by atoms with Gasteiger partial charge in [-0.25, -0.2) is 5.43 Å². The van der Waals surface area contributed by atoms with Crippen LogP contribution in [0.3, 0.4) is 0 Å². The summed E-state index contributed by atoms with van der Waals surface area (Å²) in [5, 5.41) is 13.6. The number of nitrogens with zero attached hydrogens (tertiary/aromatic N) is 1. The molecule has 0 bridgehead atoms. The van der Waals surface area contributed by atoms with Gasteiger partial charge in [-0.2, -0.15) is 5.10 Å². The maximum Gasteiger partial charge on any atom is 0.244 e. The standard InChI is InChI=1S/C17H16Br2N2O2/c1-2-11-3-5-12(6-4-11)9-16(22)21-20-10-13-7-14(18)17(23)15(19)8-13/h3-8,10,23H,2,9H2,1H3,(H,21,22)/b20-10+. The van der Waals surface area contributed by atoms with E-state index in [2.05, 4.69) is 49.3 Å². The Balaban J connectivity index is 1.93. The maximum atomic E-state index is 11.9. The van der Waals surface area contributed by atoms with Gasteiger partial charge in [-0.3, -0.25) is 4.79 Å². The number of hydrogen-bond acceptors (Lipinski definition) is 3. The van der Waals surface area contributed by atoms with Crippen molar-refractivity contribution in [2.75, 3.05) is 0 Å². The third kappa shape index (κ3) is 5.18. The van der Waals surface area contributed by atoms with Crippen LogP contribution >= 0.6 is 31.9 Å². The molecule has 0 aromatic heterocycles. The summed E-state index contributed by atoms with van der Waals surface area (Å²) in [6, 6.07) is 11.4.